The molecule has 3 nitrogen and oxygen atoms in total. The van der Waals surface area contributed by atoms with Crippen molar-refractivity contribution >= 4 is 5.78 Å². The lowest BCUT2D eigenvalue weighted by molar-refractivity contribution is -0.121. The maximum atomic E-state index is 11.5. The van der Waals surface area contributed by atoms with Gasteiger partial charge in [0.25, 0.3) is 0 Å². The van der Waals surface area contributed by atoms with Crippen LogP contribution in [0.15, 0.2) is 12.2 Å². The number of aliphatic hydroxyl groups excluding tert-OH is 2. The van der Waals surface area contributed by atoms with E-state index in [1.165, 1.54) is 70.6 Å². The standard InChI is InChI=1S/C21H40O3/c1-2-3-4-5-6-7-8-9-10-11-12-13-14-15-16-17-20(23)18-21(24)19-22/h9-10,21-22,24H,2-8,11-19H2,1H3/b10-9+. The molecule has 0 heterocycles. The molecule has 0 bridgehead atoms. The van der Waals surface area contributed by atoms with Gasteiger partial charge in [0, 0.05) is 12.8 Å². The molecule has 142 valence electrons. The molecule has 0 amide bonds. The lowest BCUT2D eigenvalue weighted by atomic mass is 10.0. The van der Waals surface area contributed by atoms with Crippen LogP contribution >= 0.6 is 0 Å². The molecular weight excluding hydrogens is 300 g/mol. The van der Waals surface area contributed by atoms with E-state index in [2.05, 4.69) is 19.1 Å². The Morgan fingerprint density at radius 2 is 1.33 bits per heavy atom. The first kappa shape index (κ1) is 23.3. The van der Waals surface area contributed by atoms with Gasteiger partial charge in [0.2, 0.25) is 0 Å². The Hall–Kier alpha value is -0.670. The highest BCUT2D eigenvalue weighted by Gasteiger charge is 2.08. The molecule has 0 aromatic rings. The molecule has 0 rings (SSSR count). The fourth-order valence-corrected chi connectivity index (χ4v) is 2.82. The van der Waals surface area contributed by atoms with Gasteiger partial charge in [-0.25, -0.2) is 0 Å². The summed E-state index contributed by atoms with van der Waals surface area (Å²) in [7, 11) is 0. The fraction of sp³-hybridized carbons (Fsp3) is 0.857. The van der Waals surface area contributed by atoms with Crippen LogP contribution in [0.2, 0.25) is 0 Å². The van der Waals surface area contributed by atoms with Gasteiger partial charge in [-0.05, 0) is 32.1 Å². The van der Waals surface area contributed by atoms with Gasteiger partial charge in [-0.2, -0.15) is 0 Å². The van der Waals surface area contributed by atoms with Crippen LogP contribution in [0.5, 0.6) is 0 Å². The van der Waals surface area contributed by atoms with Crippen LogP contribution in [0.4, 0.5) is 0 Å². The van der Waals surface area contributed by atoms with Gasteiger partial charge in [0.15, 0.2) is 0 Å². The minimum Gasteiger partial charge on any atom is -0.394 e. The van der Waals surface area contributed by atoms with Crippen LogP contribution < -0.4 is 0 Å². The third-order valence-electron chi connectivity index (χ3n) is 4.39. The van der Waals surface area contributed by atoms with Crippen molar-refractivity contribution in [1.82, 2.24) is 0 Å². The van der Waals surface area contributed by atoms with Crippen LogP contribution in [0.1, 0.15) is 103 Å². The Kier molecular flexibility index (Phi) is 18.1. The minimum atomic E-state index is -0.874. The number of ketones is 1. The van der Waals surface area contributed by atoms with Gasteiger partial charge in [-0.1, -0.05) is 70.4 Å². The van der Waals surface area contributed by atoms with Gasteiger partial charge in [-0.3, -0.25) is 4.79 Å². The molecule has 0 radical (unpaired) electrons. The average Bonchev–Trinajstić information content (AvgIpc) is 2.58. The summed E-state index contributed by atoms with van der Waals surface area (Å²) in [6.45, 7) is 1.94. The van der Waals surface area contributed by atoms with Gasteiger partial charge >= 0.3 is 0 Å². The van der Waals surface area contributed by atoms with Crippen molar-refractivity contribution < 1.29 is 15.0 Å². The second-order valence-electron chi connectivity index (χ2n) is 6.91. The van der Waals surface area contributed by atoms with E-state index < -0.39 is 6.10 Å². The van der Waals surface area contributed by atoms with Crippen LogP contribution in [0.3, 0.4) is 0 Å². The van der Waals surface area contributed by atoms with Gasteiger partial charge < -0.3 is 10.2 Å². The predicted octanol–water partition coefficient (Wildman–Crippen LogP) is 5.34. The maximum absolute atomic E-state index is 11.5. The van der Waals surface area contributed by atoms with Gasteiger partial charge in [0.05, 0.1) is 12.7 Å². The summed E-state index contributed by atoms with van der Waals surface area (Å²) < 4.78 is 0. The molecule has 2 N–H and O–H groups in total. The SMILES string of the molecule is CCCCCCCC/C=C/CCCCCCCC(=O)CC(O)CO. The van der Waals surface area contributed by atoms with Crippen LogP contribution in [0, 0.1) is 0 Å². The van der Waals surface area contributed by atoms with Crippen molar-refractivity contribution in [3.05, 3.63) is 12.2 Å². The van der Waals surface area contributed by atoms with Crippen molar-refractivity contribution in [2.45, 2.75) is 109 Å². The maximum Gasteiger partial charge on any atom is 0.135 e. The van der Waals surface area contributed by atoms with E-state index in [0.29, 0.717) is 6.42 Å². The van der Waals surface area contributed by atoms with E-state index in [1.807, 2.05) is 0 Å². The van der Waals surface area contributed by atoms with Crippen molar-refractivity contribution in [2.75, 3.05) is 6.61 Å². The molecule has 0 aliphatic heterocycles. The van der Waals surface area contributed by atoms with Crippen molar-refractivity contribution in [2.24, 2.45) is 0 Å². The molecule has 1 atom stereocenters. The fourth-order valence-electron chi connectivity index (χ4n) is 2.82. The summed E-state index contributed by atoms with van der Waals surface area (Å²) in [5.74, 6) is 0.0641. The third-order valence-corrected chi connectivity index (χ3v) is 4.39. The van der Waals surface area contributed by atoms with Crippen molar-refractivity contribution in [3.8, 4) is 0 Å². The highest BCUT2D eigenvalue weighted by molar-refractivity contribution is 5.78. The molecule has 0 aliphatic carbocycles. The zero-order valence-electron chi connectivity index (χ0n) is 15.8. The Labute approximate surface area is 149 Å². The topological polar surface area (TPSA) is 57.5 Å². The monoisotopic (exact) mass is 340 g/mol. The molecule has 0 aromatic carbocycles. The lowest BCUT2D eigenvalue weighted by Gasteiger charge is -2.05. The Balaban J connectivity index is 3.22. The molecule has 0 aliphatic rings. The molecule has 0 spiro atoms. The molecule has 0 saturated carbocycles. The second kappa shape index (κ2) is 18.7. The second-order valence-corrected chi connectivity index (χ2v) is 6.91. The number of hydrogen-bond donors (Lipinski definition) is 2. The highest BCUT2D eigenvalue weighted by Crippen LogP contribution is 2.10. The molecule has 0 saturated heterocycles. The summed E-state index contributed by atoms with van der Waals surface area (Å²) in [6.07, 6.45) is 20.7. The molecule has 24 heavy (non-hydrogen) atoms. The molecule has 3 heteroatoms. The van der Waals surface area contributed by atoms with E-state index >= 15 is 0 Å². The third kappa shape index (κ3) is 17.7. The van der Waals surface area contributed by atoms with E-state index in [-0.39, 0.29) is 18.8 Å². The number of carbonyl (C=O) groups excluding carboxylic acids is 1. The number of aliphatic hydroxyl groups is 2. The van der Waals surface area contributed by atoms with Gasteiger partial charge in [0.1, 0.15) is 5.78 Å². The first-order valence-corrected chi connectivity index (χ1v) is 10.2. The van der Waals surface area contributed by atoms with Crippen molar-refractivity contribution in [3.63, 3.8) is 0 Å². The molecule has 0 aromatic heterocycles. The number of unbranched alkanes of at least 4 members (excludes halogenated alkanes) is 11. The smallest absolute Gasteiger partial charge is 0.135 e. The molecule has 0 fully saturated rings. The number of carbonyl (C=O) groups is 1. The summed E-state index contributed by atoms with van der Waals surface area (Å²) in [5.41, 5.74) is 0. The van der Waals surface area contributed by atoms with Gasteiger partial charge in [-0.15, -0.1) is 0 Å². The predicted molar refractivity (Wildman–Crippen MR) is 102 cm³/mol. The molecule has 1 unspecified atom stereocenters. The number of allylic oxidation sites excluding steroid dienone is 2. The zero-order chi connectivity index (χ0) is 17.9. The van der Waals surface area contributed by atoms with Crippen LogP contribution in [0.25, 0.3) is 0 Å². The summed E-state index contributed by atoms with van der Waals surface area (Å²) in [4.78, 5) is 11.5. The first-order valence-electron chi connectivity index (χ1n) is 10.2. The van der Waals surface area contributed by atoms with E-state index in [4.69, 9.17) is 5.11 Å². The highest BCUT2D eigenvalue weighted by atomic mass is 16.3. The number of hydrogen-bond acceptors (Lipinski definition) is 3. The Bertz CT molecular complexity index is 299. The van der Waals surface area contributed by atoms with E-state index in [1.54, 1.807) is 0 Å². The Morgan fingerprint density at radius 1 is 0.833 bits per heavy atom. The first-order chi connectivity index (χ1) is 11.7. The zero-order valence-corrected chi connectivity index (χ0v) is 15.8. The number of Topliss-reactive ketones (excluding diaryl/α,β-unsaturated/α-hetero) is 1. The summed E-state index contributed by atoms with van der Waals surface area (Å²) in [5, 5.41) is 17.9. The lowest BCUT2D eigenvalue weighted by Crippen LogP contribution is -2.17. The summed E-state index contributed by atoms with van der Waals surface area (Å²) >= 11 is 0. The molecular formula is C21H40O3. The van der Waals surface area contributed by atoms with E-state index in [9.17, 15) is 9.90 Å². The normalized spacial score (nSPS) is 12.8. The Morgan fingerprint density at radius 3 is 1.88 bits per heavy atom. The van der Waals surface area contributed by atoms with E-state index in [0.717, 1.165) is 12.8 Å². The number of rotatable bonds is 18. The quantitative estimate of drug-likeness (QED) is 0.262. The minimum absolute atomic E-state index is 0.0641. The van der Waals surface area contributed by atoms with Crippen molar-refractivity contribution in [1.29, 1.82) is 0 Å². The van der Waals surface area contributed by atoms with Crippen LogP contribution in [-0.4, -0.2) is 28.7 Å². The summed E-state index contributed by atoms with van der Waals surface area (Å²) in [6, 6.07) is 0. The largest absolute Gasteiger partial charge is 0.394 e. The average molecular weight is 341 g/mol. The van der Waals surface area contributed by atoms with Crippen LogP contribution in [-0.2, 0) is 4.79 Å².